The van der Waals surface area contributed by atoms with Crippen molar-refractivity contribution in [2.75, 3.05) is 0 Å². The molecule has 0 aliphatic rings. The number of fused-ring (bicyclic) bond motifs is 1. The van der Waals surface area contributed by atoms with Gasteiger partial charge in [-0.05, 0) is 24.6 Å². The molecule has 0 saturated heterocycles. The van der Waals surface area contributed by atoms with Crippen molar-refractivity contribution in [2.45, 2.75) is 13.0 Å². The Morgan fingerprint density at radius 3 is 3.00 bits per heavy atom. The van der Waals surface area contributed by atoms with Crippen LogP contribution in [-0.4, -0.2) is 9.97 Å². The fourth-order valence-corrected chi connectivity index (χ4v) is 1.24. The Morgan fingerprint density at radius 2 is 2.23 bits per heavy atom. The number of nitrogens with zero attached hydrogens (tertiary/aromatic N) is 2. The Morgan fingerprint density at radius 1 is 1.38 bits per heavy atom. The predicted octanol–water partition coefficient (Wildman–Crippen LogP) is 1.65. The summed E-state index contributed by atoms with van der Waals surface area (Å²) in [6.07, 6.45) is 5.35. The van der Waals surface area contributed by atoms with Gasteiger partial charge in [-0.1, -0.05) is 0 Å². The summed E-state index contributed by atoms with van der Waals surface area (Å²) in [7, 11) is 0. The highest BCUT2D eigenvalue weighted by atomic mass is 14.7. The van der Waals surface area contributed by atoms with E-state index >= 15 is 0 Å². The van der Waals surface area contributed by atoms with Gasteiger partial charge in [-0.15, -0.1) is 0 Å². The van der Waals surface area contributed by atoms with Crippen molar-refractivity contribution in [1.82, 2.24) is 9.97 Å². The predicted molar refractivity (Wildman–Crippen MR) is 52.1 cm³/mol. The lowest BCUT2D eigenvalue weighted by Gasteiger charge is -2.05. The smallest absolute Gasteiger partial charge is 0.0732 e. The Kier molecular flexibility index (Phi) is 1.94. The van der Waals surface area contributed by atoms with Crippen LogP contribution in [0, 0.1) is 0 Å². The average Bonchev–Trinajstić information content (AvgIpc) is 2.17. The van der Waals surface area contributed by atoms with Gasteiger partial charge in [0.15, 0.2) is 0 Å². The molecule has 0 aromatic carbocycles. The van der Waals surface area contributed by atoms with E-state index in [1.807, 2.05) is 25.3 Å². The second-order valence-corrected chi connectivity index (χ2v) is 3.13. The summed E-state index contributed by atoms with van der Waals surface area (Å²) in [5, 5.41) is 1.04. The number of pyridine rings is 2. The number of hydrogen-bond acceptors (Lipinski definition) is 3. The van der Waals surface area contributed by atoms with Gasteiger partial charge >= 0.3 is 0 Å². The molecule has 0 aliphatic carbocycles. The molecule has 0 radical (unpaired) electrons. The molecule has 66 valence electrons. The van der Waals surface area contributed by atoms with E-state index < -0.39 is 0 Å². The Hall–Kier alpha value is -1.48. The van der Waals surface area contributed by atoms with Gasteiger partial charge in [0.2, 0.25) is 0 Å². The van der Waals surface area contributed by atoms with E-state index in [2.05, 4.69) is 9.97 Å². The van der Waals surface area contributed by atoms with E-state index in [0.29, 0.717) is 0 Å². The third-order valence-corrected chi connectivity index (χ3v) is 2.03. The van der Waals surface area contributed by atoms with Crippen LogP contribution in [0.5, 0.6) is 0 Å². The molecule has 2 rings (SSSR count). The third-order valence-electron chi connectivity index (χ3n) is 2.03. The zero-order valence-electron chi connectivity index (χ0n) is 7.44. The molecule has 2 aromatic rings. The van der Waals surface area contributed by atoms with E-state index in [1.54, 1.807) is 12.4 Å². The van der Waals surface area contributed by atoms with Crippen molar-refractivity contribution in [3.05, 3.63) is 36.3 Å². The van der Waals surface area contributed by atoms with E-state index in [4.69, 9.17) is 5.73 Å². The molecule has 13 heavy (non-hydrogen) atoms. The Balaban J connectivity index is 2.62. The van der Waals surface area contributed by atoms with Crippen molar-refractivity contribution >= 4 is 10.9 Å². The van der Waals surface area contributed by atoms with Crippen LogP contribution in [0.2, 0.25) is 0 Å². The van der Waals surface area contributed by atoms with E-state index in [-0.39, 0.29) is 6.04 Å². The summed E-state index contributed by atoms with van der Waals surface area (Å²) in [5.41, 5.74) is 7.74. The molecule has 2 N–H and O–H groups in total. The van der Waals surface area contributed by atoms with Crippen LogP contribution in [0.15, 0.2) is 30.7 Å². The minimum absolute atomic E-state index is 0.0251. The van der Waals surface area contributed by atoms with E-state index in [0.717, 1.165) is 16.5 Å². The van der Waals surface area contributed by atoms with Crippen LogP contribution < -0.4 is 5.73 Å². The molecule has 1 unspecified atom stereocenters. The molecule has 0 bridgehead atoms. The van der Waals surface area contributed by atoms with Crippen LogP contribution in [0.1, 0.15) is 18.5 Å². The van der Waals surface area contributed by atoms with Gasteiger partial charge in [0.05, 0.1) is 5.52 Å². The molecule has 1 atom stereocenters. The third kappa shape index (κ3) is 1.51. The number of aromatic nitrogens is 2. The van der Waals surface area contributed by atoms with Crippen LogP contribution in [0.25, 0.3) is 10.9 Å². The monoisotopic (exact) mass is 173 g/mol. The summed E-state index contributed by atoms with van der Waals surface area (Å²) in [6.45, 7) is 1.94. The first-order chi connectivity index (χ1) is 6.27. The largest absolute Gasteiger partial charge is 0.324 e. The van der Waals surface area contributed by atoms with Gasteiger partial charge in [0, 0.05) is 30.0 Å². The number of hydrogen-bond donors (Lipinski definition) is 1. The molecule has 0 fully saturated rings. The zero-order chi connectivity index (χ0) is 9.26. The highest BCUT2D eigenvalue weighted by molar-refractivity contribution is 5.77. The maximum absolute atomic E-state index is 5.74. The normalized spacial score (nSPS) is 13.1. The standard InChI is InChI=1S/C10H11N3/c1-7(11)8-4-9-5-12-3-2-10(9)13-6-8/h2-7H,11H2,1H3. The Labute approximate surface area is 76.6 Å². The van der Waals surface area contributed by atoms with Gasteiger partial charge in [-0.25, -0.2) is 0 Å². The SMILES string of the molecule is CC(N)c1cnc2ccncc2c1. The quantitative estimate of drug-likeness (QED) is 0.713. The van der Waals surface area contributed by atoms with Crippen LogP contribution in [-0.2, 0) is 0 Å². The molecule has 0 saturated carbocycles. The molecule has 0 spiro atoms. The second kappa shape index (κ2) is 3.11. The summed E-state index contributed by atoms with van der Waals surface area (Å²) in [4.78, 5) is 8.31. The fourth-order valence-electron chi connectivity index (χ4n) is 1.24. The highest BCUT2D eigenvalue weighted by Crippen LogP contribution is 2.14. The molecule has 0 aliphatic heterocycles. The van der Waals surface area contributed by atoms with Crippen molar-refractivity contribution in [1.29, 1.82) is 0 Å². The summed E-state index contributed by atoms with van der Waals surface area (Å²) in [5.74, 6) is 0. The maximum atomic E-state index is 5.74. The average molecular weight is 173 g/mol. The van der Waals surface area contributed by atoms with Gasteiger partial charge in [0.1, 0.15) is 0 Å². The zero-order valence-corrected chi connectivity index (χ0v) is 7.44. The molecule has 2 heterocycles. The van der Waals surface area contributed by atoms with Gasteiger partial charge in [-0.2, -0.15) is 0 Å². The molecule has 3 nitrogen and oxygen atoms in total. The van der Waals surface area contributed by atoms with Crippen molar-refractivity contribution in [3.8, 4) is 0 Å². The first-order valence-corrected chi connectivity index (χ1v) is 4.22. The molecule has 2 aromatic heterocycles. The summed E-state index contributed by atoms with van der Waals surface area (Å²) < 4.78 is 0. The maximum Gasteiger partial charge on any atom is 0.0732 e. The van der Waals surface area contributed by atoms with E-state index in [1.165, 1.54) is 0 Å². The first-order valence-electron chi connectivity index (χ1n) is 4.22. The number of rotatable bonds is 1. The van der Waals surface area contributed by atoms with Crippen molar-refractivity contribution in [2.24, 2.45) is 5.73 Å². The molecule has 0 amide bonds. The molecular weight excluding hydrogens is 162 g/mol. The van der Waals surface area contributed by atoms with Gasteiger partial charge < -0.3 is 5.73 Å². The first kappa shape index (κ1) is 8.13. The topological polar surface area (TPSA) is 51.8 Å². The van der Waals surface area contributed by atoms with Crippen LogP contribution in [0.4, 0.5) is 0 Å². The van der Waals surface area contributed by atoms with Gasteiger partial charge in [0.25, 0.3) is 0 Å². The second-order valence-electron chi connectivity index (χ2n) is 3.13. The minimum atomic E-state index is 0.0251. The highest BCUT2D eigenvalue weighted by Gasteiger charge is 2.00. The fraction of sp³-hybridized carbons (Fsp3) is 0.200. The minimum Gasteiger partial charge on any atom is -0.324 e. The summed E-state index contributed by atoms with van der Waals surface area (Å²) in [6, 6.07) is 3.94. The van der Waals surface area contributed by atoms with Crippen LogP contribution >= 0.6 is 0 Å². The van der Waals surface area contributed by atoms with Gasteiger partial charge in [-0.3, -0.25) is 9.97 Å². The van der Waals surface area contributed by atoms with E-state index in [9.17, 15) is 0 Å². The van der Waals surface area contributed by atoms with Crippen molar-refractivity contribution in [3.63, 3.8) is 0 Å². The summed E-state index contributed by atoms with van der Waals surface area (Å²) >= 11 is 0. The number of nitrogens with two attached hydrogens (primary N) is 1. The van der Waals surface area contributed by atoms with Crippen LogP contribution in [0.3, 0.4) is 0 Å². The lowest BCUT2D eigenvalue weighted by atomic mass is 10.1. The molecule has 3 heteroatoms. The van der Waals surface area contributed by atoms with Crippen molar-refractivity contribution < 1.29 is 0 Å². The lowest BCUT2D eigenvalue weighted by Crippen LogP contribution is -2.05. The Bertz CT molecular complexity index is 423. The lowest BCUT2D eigenvalue weighted by molar-refractivity contribution is 0.814. The molecular formula is C10H11N3.